The van der Waals surface area contributed by atoms with Crippen molar-refractivity contribution >= 4 is 11.9 Å². The average Bonchev–Trinajstić information content (AvgIpc) is 3.38. The fraction of sp³-hybridized carbons (Fsp3) is 0.619. The highest BCUT2D eigenvalue weighted by Crippen LogP contribution is 2.41. The van der Waals surface area contributed by atoms with Gasteiger partial charge in [-0.2, -0.15) is 0 Å². The summed E-state index contributed by atoms with van der Waals surface area (Å²) in [5.41, 5.74) is -0.973. The lowest BCUT2D eigenvalue weighted by atomic mass is 9.80. The first-order valence-electron chi connectivity index (χ1n) is 9.82. The number of hydrogen-bond acceptors (Lipinski definition) is 6. The van der Waals surface area contributed by atoms with Crippen molar-refractivity contribution in [3.05, 3.63) is 35.9 Å². The molecule has 2 aliphatic rings. The number of esters is 2. The van der Waals surface area contributed by atoms with E-state index in [-0.39, 0.29) is 18.0 Å². The number of aliphatic hydroxyl groups is 1. The number of nitrogens with zero attached hydrogens (tertiary/aromatic N) is 1. The SMILES string of the molecule is COC(=O)CCN1CC[C@H](OC(=O)C(O)(c2ccccc2)C2CCCC2)C1. The third-order valence-corrected chi connectivity index (χ3v) is 5.83. The molecule has 1 aliphatic carbocycles. The van der Waals surface area contributed by atoms with Crippen molar-refractivity contribution < 1.29 is 24.2 Å². The number of rotatable bonds is 7. The lowest BCUT2D eigenvalue weighted by Crippen LogP contribution is -2.45. The van der Waals surface area contributed by atoms with E-state index in [1.807, 2.05) is 18.2 Å². The van der Waals surface area contributed by atoms with Gasteiger partial charge in [0.15, 0.2) is 5.60 Å². The van der Waals surface area contributed by atoms with E-state index in [1.165, 1.54) is 7.11 Å². The van der Waals surface area contributed by atoms with Gasteiger partial charge in [0, 0.05) is 25.6 Å². The van der Waals surface area contributed by atoms with Crippen LogP contribution in [0.2, 0.25) is 0 Å². The van der Waals surface area contributed by atoms with Crippen molar-refractivity contribution in [1.82, 2.24) is 4.90 Å². The van der Waals surface area contributed by atoms with E-state index in [0.29, 0.717) is 31.5 Å². The van der Waals surface area contributed by atoms with Crippen molar-refractivity contribution in [1.29, 1.82) is 0 Å². The molecule has 0 bridgehead atoms. The summed E-state index contributed by atoms with van der Waals surface area (Å²) in [5.74, 6) is -0.889. The highest BCUT2D eigenvalue weighted by molar-refractivity contribution is 5.81. The van der Waals surface area contributed by atoms with E-state index in [0.717, 1.165) is 32.2 Å². The Labute approximate surface area is 160 Å². The zero-order chi connectivity index (χ0) is 19.3. The van der Waals surface area contributed by atoms with Crippen LogP contribution in [0, 0.1) is 5.92 Å². The van der Waals surface area contributed by atoms with Gasteiger partial charge in [0.1, 0.15) is 6.10 Å². The predicted octanol–water partition coefficient (Wildman–Crippen LogP) is 2.24. The topological polar surface area (TPSA) is 76.1 Å². The zero-order valence-corrected chi connectivity index (χ0v) is 15.9. The van der Waals surface area contributed by atoms with Crippen LogP contribution in [-0.2, 0) is 24.7 Å². The number of methoxy groups -OCH3 is 1. The van der Waals surface area contributed by atoms with Crippen LogP contribution in [-0.4, -0.2) is 54.8 Å². The minimum absolute atomic E-state index is 0.107. The molecular formula is C21H29NO5. The second kappa shape index (κ2) is 8.85. The van der Waals surface area contributed by atoms with Crippen LogP contribution < -0.4 is 0 Å². The maximum absolute atomic E-state index is 13.1. The first kappa shape index (κ1) is 19.8. The van der Waals surface area contributed by atoms with Crippen molar-refractivity contribution in [3.63, 3.8) is 0 Å². The molecule has 2 atom stereocenters. The molecule has 148 valence electrons. The molecule has 1 aliphatic heterocycles. The van der Waals surface area contributed by atoms with Gasteiger partial charge in [-0.3, -0.25) is 9.69 Å². The molecule has 1 N–H and O–H groups in total. The van der Waals surface area contributed by atoms with Crippen LogP contribution in [0.1, 0.15) is 44.1 Å². The summed E-state index contributed by atoms with van der Waals surface area (Å²) >= 11 is 0. The lowest BCUT2D eigenvalue weighted by molar-refractivity contribution is -0.178. The van der Waals surface area contributed by atoms with Crippen LogP contribution in [0.5, 0.6) is 0 Å². The Bertz CT molecular complexity index is 643. The van der Waals surface area contributed by atoms with Crippen LogP contribution in [0.4, 0.5) is 0 Å². The number of hydrogen-bond donors (Lipinski definition) is 1. The molecule has 2 fully saturated rings. The van der Waals surface area contributed by atoms with Crippen molar-refractivity contribution in [2.24, 2.45) is 5.92 Å². The van der Waals surface area contributed by atoms with E-state index < -0.39 is 11.6 Å². The summed E-state index contributed by atoms with van der Waals surface area (Å²) < 4.78 is 10.4. The lowest BCUT2D eigenvalue weighted by Gasteiger charge is -2.33. The number of benzene rings is 1. The number of likely N-dealkylation sites (tertiary alicyclic amines) is 1. The Hall–Kier alpha value is -1.92. The molecule has 3 rings (SSSR count). The van der Waals surface area contributed by atoms with Gasteiger partial charge in [0.05, 0.1) is 13.5 Å². The molecule has 1 heterocycles. The zero-order valence-electron chi connectivity index (χ0n) is 15.9. The molecule has 27 heavy (non-hydrogen) atoms. The summed E-state index contributed by atoms with van der Waals surface area (Å²) in [7, 11) is 1.38. The van der Waals surface area contributed by atoms with Crippen LogP contribution in [0.3, 0.4) is 0 Å². The molecule has 6 heteroatoms. The van der Waals surface area contributed by atoms with Gasteiger partial charge >= 0.3 is 11.9 Å². The number of carbonyl (C=O) groups excluding carboxylic acids is 2. The average molecular weight is 375 g/mol. The van der Waals surface area contributed by atoms with E-state index in [9.17, 15) is 14.7 Å². The van der Waals surface area contributed by atoms with Gasteiger partial charge in [-0.1, -0.05) is 43.2 Å². The van der Waals surface area contributed by atoms with E-state index >= 15 is 0 Å². The molecule has 0 aromatic heterocycles. The monoisotopic (exact) mass is 375 g/mol. The van der Waals surface area contributed by atoms with Gasteiger partial charge in [0.2, 0.25) is 0 Å². The van der Waals surface area contributed by atoms with Gasteiger partial charge in [-0.25, -0.2) is 4.79 Å². The Kier molecular flexibility index (Phi) is 6.50. The second-order valence-corrected chi connectivity index (χ2v) is 7.56. The van der Waals surface area contributed by atoms with Gasteiger partial charge in [0.25, 0.3) is 0 Å². The maximum Gasteiger partial charge on any atom is 0.343 e. The smallest absolute Gasteiger partial charge is 0.343 e. The highest BCUT2D eigenvalue weighted by Gasteiger charge is 2.48. The minimum atomic E-state index is -1.59. The largest absolute Gasteiger partial charge is 0.469 e. The number of carbonyl (C=O) groups is 2. The van der Waals surface area contributed by atoms with E-state index in [2.05, 4.69) is 9.64 Å². The first-order valence-corrected chi connectivity index (χ1v) is 9.82. The fourth-order valence-electron chi connectivity index (χ4n) is 4.25. The Morgan fingerprint density at radius 1 is 1.19 bits per heavy atom. The van der Waals surface area contributed by atoms with Crippen molar-refractivity contribution in [3.8, 4) is 0 Å². The molecule has 0 spiro atoms. The Morgan fingerprint density at radius 2 is 1.89 bits per heavy atom. The molecule has 0 amide bonds. The molecule has 1 aromatic rings. The van der Waals surface area contributed by atoms with E-state index in [1.54, 1.807) is 12.1 Å². The normalized spacial score (nSPS) is 23.1. The van der Waals surface area contributed by atoms with Crippen LogP contribution >= 0.6 is 0 Å². The summed E-state index contributed by atoms with van der Waals surface area (Å²) in [4.78, 5) is 26.4. The molecule has 1 unspecified atom stereocenters. The molecule has 1 aromatic carbocycles. The molecule has 1 saturated heterocycles. The summed E-state index contributed by atoms with van der Waals surface area (Å²) in [6.07, 6.45) is 4.49. The van der Waals surface area contributed by atoms with Crippen molar-refractivity contribution in [2.45, 2.75) is 50.2 Å². The molecular weight excluding hydrogens is 346 g/mol. The van der Waals surface area contributed by atoms with Gasteiger partial charge in [-0.15, -0.1) is 0 Å². The van der Waals surface area contributed by atoms with Gasteiger partial charge < -0.3 is 14.6 Å². The summed E-state index contributed by atoms with van der Waals surface area (Å²) in [6.45, 7) is 1.94. The fourth-order valence-corrected chi connectivity index (χ4v) is 4.25. The summed E-state index contributed by atoms with van der Waals surface area (Å²) in [5, 5.41) is 11.4. The second-order valence-electron chi connectivity index (χ2n) is 7.56. The third kappa shape index (κ3) is 4.50. The molecule has 0 radical (unpaired) electrons. The Balaban J connectivity index is 1.64. The maximum atomic E-state index is 13.1. The Morgan fingerprint density at radius 3 is 2.56 bits per heavy atom. The standard InChI is InChI=1S/C21H29NO5/c1-26-19(23)12-14-22-13-11-18(15-22)27-20(24)21(25,17-9-5-6-10-17)16-7-3-2-4-8-16/h2-4,7-8,17-18,25H,5-6,9-15H2,1H3/t18-,21?/m0/s1. The molecule has 1 saturated carbocycles. The predicted molar refractivity (Wildman–Crippen MR) is 99.9 cm³/mol. The van der Waals surface area contributed by atoms with Crippen LogP contribution in [0.15, 0.2) is 30.3 Å². The first-order chi connectivity index (χ1) is 13.0. The van der Waals surface area contributed by atoms with Crippen molar-refractivity contribution in [2.75, 3.05) is 26.7 Å². The molecule has 6 nitrogen and oxygen atoms in total. The third-order valence-electron chi connectivity index (χ3n) is 5.83. The summed E-state index contributed by atoms with van der Waals surface area (Å²) in [6, 6.07) is 9.16. The minimum Gasteiger partial charge on any atom is -0.469 e. The van der Waals surface area contributed by atoms with Crippen LogP contribution in [0.25, 0.3) is 0 Å². The number of ether oxygens (including phenoxy) is 2. The van der Waals surface area contributed by atoms with E-state index in [4.69, 9.17) is 4.74 Å². The quantitative estimate of drug-likeness (QED) is 0.737. The van der Waals surface area contributed by atoms with Gasteiger partial charge in [-0.05, 0) is 24.8 Å². The highest BCUT2D eigenvalue weighted by atomic mass is 16.6.